The lowest BCUT2D eigenvalue weighted by Gasteiger charge is -2.22. The topological polar surface area (TPSA) is 46.5 Å². The zero-order chi connectivity index (χ0) is 15.3. The fraction of sp³-hybridized carbons (Fsp3) is 0.941. The second kappa shape index (κ2) is 12.3. The minimum Gasteiger partial charge on any atom is -0.469 e. The van der Waals surface area contributed by atoms with E-state index in [4.69, 9.17) is 0 Å². The first kappa shape index (κ1) is 18.8. The number of methoxy groups -OCH3 is 1. The molecule has 1 saturated carbocycles. The molecule has 0 aliphatic heterocycles. The zero-order valence-electron chi connectivity index (χ0n) is 13.5. The van der Waals surface area contributed by atoms with Gasteiger partial charge in [-0.05, 0) is 37.4 Å². The molecule has 1 atom stereocenters. The summed E-state index contributed by atoms with van der Waals surface area (Å²) >= 11 is 1.85. The Morgan fingerprint density at radius 3 is 2.71 bits per heavy atom. The Morgan fingerprint density at radius 2 is 2.00 bits per heavy atom. The molecular formula is C17H32O3S. The summed E-state index contributed by atoms with van der Waals surface area (Å²) in [5.41, 5.74) is 0. The van der Waals surface area contributed by atoms with Crippen molar-refractivity contribution < 1.29 is 14.6 Å². The number of ether oxygens (including phenoxy) is 1. The Kier molecular flexibility index (Phi) is 11.1. The van der Waals surface area contributed by atoms with E-state index in [1.807, 2.05) is 11.8 Å². The molecule has 0 saturated heterocycles. The van der Waals surface area contributed by atoms with Crippen molar-refractivity contribution in [3.8, 4) is 0 Å². The molecule has 1 fully saturated rings. The molecule has 1 aliphatic rings. The Hall–Kier alpha value is -0.220. The van der Waals surface area contributed by atoms with Gasteiger partial charge in [0.2, 0.25) is 0 Å². The number of rotatable bonds is 11. The lowest BCUT2D eigenvalue weighted by Crippen LogP contribution is -2.14. The standard InChI is InChI=1S/C17H32O3S/c1-20-17(19)10-6-3-7-13-21-14-16(18)12-11-15-8-4-2-5-9-15/h15-16,18H,2-14H2,1H3. The highest BCUT2D eigenvalue weighted by atomic mass is 32.2. The second-order valence-corrected chi connectivity index (χ2v) is 7.35. The van der Waals surface area contributed by atoms with Gasteiger partial charge in [-0.1, -0.05) is 38.5 Å². The fourth-order valence-electron chi connectivity index (χ4n) is 2.96. The summed E-state index contributed by atoms with van der Waals surface area (Å²) in [6, 6.07) is 0. The van der Waals surface area contributed by atoms with E-state index in [0.29, 0.717) is 6.42 Å². The van der Waals surface area contributed by atoms with E-state index in [-0.39, 0.29) is 12.1 Å². The molecule has 1 rings (SSSR count). The highest BCUT2D eigenvalue weighted by molar-refractivity contribution is 7.99. The van der Waals surface area contributed by atoms with Crippen LogP contribution in [-0.2, 0) is 9.53 Å². The first-order valence-electron chi connectivity index (χ1n) is 8.55. The van der Waals surface area contributed by atoms with Crippen LogP contribution < -0.4 is 0 Å². The Bertz CT molecular complexity index is 265. The van der Waals surface area contributed by atoms with Crippen LogP contribution in [0.25, 0.3) is 0 Å². The molecule has 1 aliphatic carbocycles. The Morgan fingerprint density at radius 1 is 1.24 bits per heavy atom. The van der Waals surface area contributed by atoms with Crippen molar-refractivity contribution in [2.24, 2.45) is 5.92 Å². The highest BCUT2D eigenvalue weighted by Gasteiger charge is 2.15. The number of hydrogen-bond acceptors (Lipinski definition) is 4. The van der Waals surface area contributed by atoms with Gasteiger partial charge in [0.25, 0.3) is 0 Å². The number of aliphatic hydroxyl groups is 1. The fourth-order valence-corrected chi connectivity index (χ4v) is 3.97. The van der Waals surface area contributed by atoms with Gasteiger partial charge in [0, 0.05) is 12.2 Å². The maximum atomic E-state index is 10.9. The average molecular weight is 317 g/mol. The van der Waals surface area contributed by atoms with E-state index < -0.39 is 0 Å². The van der Waals surface area contributed by atoms with E-state index in [1.165, 1.54) is 45.6 Å². The van der Waals surface area contributed by atoms with Gasteiger partial charge in [0.15, 0.2) is 0 Å². The summed E-state index contributed by atoms with van der Waals surface area (Å²) in [7, 11) is 1.44. The predicted molar refractivity (Wildman–Crippen MR) is 89.6 cm³/mol. The van der Waals surface area contributed by atoms with Crippen LogP contribution in [0.3, 0.4) is 0 Å². The van der Waals surface area contributed by atoms with Crippen LogP contribution in [0.1, 0.15) is 70.6 Å². The lowest BCUT2D eigenvalue weighted by molar-refractivity contribution is -0.140. The molecule has 124 valence electrons. The van der Waals surface area contributed by atoms with Crippen LogP contribution >= 0.6 is 11.8 Å². The van der Waals surface area contributed by atoms with Gasteiger partial charge >= 0.3 is 5.97 Å². The number of carbonyl (C=O) groups excluding carboxylic acids is 1. The van der Waals surface area contributed by atoms with E-state index in [0.717, 1.165) is 43.1 Å². The summed E-state index contributed by atoms with van der Waals surface area (Å²) in [4.78, 5) is 10.9. The Balaban J connectivity index is 1.86. The third-order valence-corrected chi connectivity index (χ3v) is 5.54. The number of esters is 1. The summed E-state index contributed by atoms with van der Waals surface area (Å²) in [6.45, 7) is 0. The van der Waals surface area contributed by atoms with Crippen LogP contribution in [0.15, 0.2) is 0 Å². The maximum absolute atomic E-state index is 10.9. The largest absolute Gasteiger partial charge is 0.469 e. The van der Waals surface area contributed by atoms with Crippen molar-refractivity contribution in [1.82, 2.24) is 0 Å². The molecule has 4 heteroatoms. The van der Waals surface area contributed by atoms with Crippen LogP contribution in [0.5, 0.6) is 0 Å². The van der Waals surface area contributed by atoms with E-state index >= 15 is 0 Å². The smallest absolute Gasteiger partial charge is 0.305 e. The predicted octanol–water partition coefficient (Wildman–Crippen LogP) is 4.17. The van der Waals surface area contributed by atoms with Gasteiger partial charge in [-0.15, -0.1) is 0 Å². The molecule has 0 aromatic heterocycles. The molecule has 0 aromatic rings. The van der Waals surface area contributed by atoms with Crippen LogP contribution in [0, 0.1) is 5.92 Å². The molecule has 0 heterocycles. The number of thioether (sulfide) groups is 1. The number of unbranched alkanes of at least 4 members (excludes halogenated alkanes) is 2. The normalized spacial score (nSPS) is 17.6. The van der Waals surface area contributed by atoms with Crippen molar-refractivity contribution in [1.29, 1.82) is 0 Å². The van der Waals surface area contributed by atoms with Gasteiger partial charge in [-0.2, -0.15) is 11.8 Å². The highest BCUT2D eigenvalue weighted by Crippen LogP contribution is 2.28. The van der Waals surface area contributed by atoms with Crippen LogP contribution in [0.2, 0.25) is 0 Å². The van der Waals surface area contributed by atoms with Gasteiger partial charge in [-0.25, -0.2) is 0 Å². The van der Waals surface area contributed by atoms with E-state index in [2.05, 4.69) is 4.74 Å². The Labute approximate surface area is 134 Å². The van der Waals surface area contributed by atoms with Gasteiger partial charge in [0.05, 0.1) is 13.2 Å². The average Bonchev–Trinajstić information content (AvgIpc) is 2.52. The van der Waals surface area contributed by atoms with Gasteiger partial charge < -0.3 is 9.84 Å². The van der Waals surface area contributed by atoms with Gasteiger partial charge in [-0.3, -0.25) is 4.79 Å². The molecule has 1 N–H and O–H groups in total. The second-order valence-electron chi connectivity index (χ2n) is 6.20. The third-order valence-electron chi connectivity index (χ3n) is 4.34. The van der Waals surface area contributed by atoms with Gasteiger partial charge in [0.1, 0.15) is 0 Å². The maximum Gasteiger partial charge on any atom is 0.305 e. The quantitative estimate of drug-likeness (QED) is 0.459. The summed E-state index contributed by atoms with van der Waals surface area (Å²) in [5, 5.41) is 10.0. The molecule has 0 amide bonds. The molecule has 0 spiro atoms. The number of aliphatic hydroxyl groups excluding tert-OH is 1. The number of carbonyl (C=O) groups is 1. The van der Waals surface area contributed by atoms with E-state index in [1.54, 1.807) is 0 Å². The first-order chi connectivity index (χ1) is 10.2. The summed E-state index contributed by atoms with van der Waals surface area (Å²) < 4.78 is 4.61. The SMILES string of the molecule is COC(=O)CCCCCSCC(O)CCC1CCCCC1. The molecule has 0 radical (unpaired) electrons. The lowest BCUT2D eigenvalue weighted by atomic mass is 9.85. The first-order valence-corrected chi connectivity index (χ1v) is 9.70. The minimum atomic E-state index is -0.132. The van der Waals surface area contributed by atoms with Crippen molar-refractivity contribution in [2.45, 2.75) is 76.7 Å². The monoisotopic (exact) mass is 316 g/mol. The molecule has 0 aromatic carbocycles. The third kappa shape index (κ3) is 10.2. The molecule has 1 unspecified atom stereocenters. The van der Waals surface area contributed by atoms with Crippen LogP contribution in [-0.4, -0.2) is 35.8 Å². The van der Waals surface area contributed by atoms with Crippen molar-refractivity contribution in [3.63, 3.8) is 0 Å². The zero-order valence-corrected chi connectivity index (χ0v) is 14.3. The summed E-state index contributed by atoms with van der Waals surface area (Å²) in [6.07, 6.45) is 12.6. The molecule has 3 nitrogen and oxygen atoms in total. The molecule has 21 heavy (non-hydrogen) atoms. The molecule has 0 bridgehead atoms. The van der Waals surface area contributed by atoms with E-state index in [9.17, 15) is 9.90 Å². The van der Waals surface area contributed by atoms with Crippen molar-refractivity contribution in [3.05, 3.63) is 0 Å². The van der Waals surface area contributed by atoms with Crippen LogP contribution in [0.4, 0.5) is 0 Å². The van der Waals surface area contributed by atoms with Crippen molar-refractivity contribution in [2.75, 3.05) is 18.6 Å². The minimum absolute atomic E-state index is 0.110. The van der Waals surface area contributed by atoms with Crippen molar-refractivity contribution >= 4 is 17.7 Å². The summed E-state index contributed by atoms with van der Waals surface area (Å²) in [5.74, 6) is 2.71. The molecular weight excluding hydrogens is 284 g/mol. The number of hydrogen-bond donors (Lipinski definition) is 1.